The van der Waals surface area contributed by atoms with Crippen molar-refractivity contribution in [1.82, 2.24) is 5.32 Å². The minimum Gasteiger partial charge on any atom is -0.394 e. The van der Waals surface area contributed by atoms with E-state index >= 15 is 0 Å². The van der Waals surface area contributed by atoms with E-state index in [1.165, 1.54) is 4.90 Å². The molecule has 1 aliphatic carbocycles. The SMILES string of the molecule is CNC1(CO)CCC(Sc2ccc(Cl)cc2)C1. The third-order valence-corrected chi connectivity index (χ3v) is 5.04. The highest BCUT2D eigenvalue weighted by Crippen LogP contribution is 2.40. The van der Waals surface area contributed by atoms with E-state index in [4.69, 9.17) is 11.6 Å². The molecule has 0 radical (unpaired) electrons. The summed E-state index contributed by atoms with van der Waals surface area (Å²) < 4.78 is 0. The summed E-state index contributed by atoms with van der Waals surface area (Å²) in [7, 11) is 1.94. The predicted octanol–water partition coefficient (Wildman–Crippen LogP) is 2.94. The number of aliphatic hydroxyl groups is 1. The largest absolute Gasteiger partial charge is 0.394 e. The molecule has 4 heteroatoms. The molecule has 2 nitrogen and oxygen atoms in total. The van der Waals surface area contributed by atoms with Crippen molar-refractivity contribution in [3.8, 4) is 0 Å². The molecule has 1 saturated carbocycles. The summed E-state index contributed by atoms with van der Waals surface area (Å²) in [5.41, 5.74) is -0.0654. The van der Waals surface area contributed by atoms with Crippen LogP contribution in [-0.2, 0) is 0 Å². The average molecular weight is 272 g/mol. The first-order chi connectivity index (χ1) is 8.17. The minimum absolute atomic E-state index is 0.0654. The van der Waals surface area contributed by atoms with E-state index in [2.05, 4.69) is 17.4 Å². The Labute approximate surface area is 112 Å². The van der Waals surface area contributed by atoms with E-state index in [0.29, 0.717) is 5.25 Å². The summed E-state index contributed by atoms with van der Waals surface area (Å²) in [6.07, 6.45) is 3.22. The third kappa shape index (κ3) is 3.16. The highest BCUT2D eigenvalue weighted by Gasteiger charge is 2.37. The molecule has 1 aliphatic rings. The van der Waals surface area contributed by atoms with Crippen molar-refractivity contribution in [3.63, 3.8) is 0 Å². The van der Waals surface area contributed by atoms with Crippen molar-refractivity contribution in [3.05, 3.63) is 29.3 Å². The summed E-state index contributed by atoms with van der Waals surface area (Å²) in [5.74, 6) is 0. The Kier molecular flexibility index (Phi) is 4.36. The van der Waals surface area contributed by atoms with E-state index in [1.54, 1.807) is 0 Å². The maximum absolute atomic E-state index is 9.45. The van der Waals surface area contributed by atoms with Gasteiger partial charge in [-0.2, -0.15) is 0 Å². The fraction of sp³-hybridized carbons (Fsp3) is 0.538. The summed E-state index contributed by atoms with van der Waals surface area (Å²) >= 11 is 7.75. The average Bonchev–Trinajstić information content (AvgIpc) is 2.76. The molecule has 94 valence electrons. The first kappa shape index (κ1) is 13.2. The van der Waals surface area contributed by atoms with E-state index < -0.39 is 0 Å². The summed E-state index contributed by atoms with van der Waals surface area (Å²) in [4.78, 5) is 1.25. The highest BCUT2D eigenvalue weighted by atomic mass is 35.5. The lowest BCUT2D eigenvalue weighted by Crippen LogP contribution is -2.44. The van der Waals surface area contributed by atoms with Crippen LogP contribution in [0.2, 0.25) is 5.02 Å². The van der Waals surface area contributed by atoms with Gasteiger partial charge in [0.05, 0.1) is 6.61 Å². The Bertz CT molecular complexity index is 364. The zero-order valence-corrected chi connectivity index (χ0v) is 11.5. The van der Waals surface area contributed by atoms with Gasteiger partial charge in [0.1, 0.15) is 0 Å². The molecule has 0 heterocycles. The van der Waals surface area contributed by atoms with Gasteiger partial charge in [0, 0.05) is 20.7 Å². The Morgan fingerprint density at radius 1 is 1.47 bits per heavy atom. The van der Waals surface area contributed by atoms with E-state index in [0.717, 1.165) is 24.3 Å². The molecular weight excluding hydrogens is 254 g/mol. The second kappa shape index (κ2) is 5.61. The van der Waals surface area contributed by atoms with Crippen LogP contribution in [0.3, 0.4) is 0 Å². The Morgan fingerprint density at radius 3 is 2.71 bits per heavy atom. The van der Waals surface area contributed by atoms with Gasteiger partial charge in [0.2, 0.25) is 0 Å². The maximum atomic E-state index is 9.45. The van der Waals surface area contributed by atoms with E-state index in [9.17, 15) is 5.11 Å². The zero-order chi connectivity index (χ0) is 12.3. The van der Waals surface area contributed by atoms with Crippen LogP contribution in [0.1, 0.15) is 19.3 Å². The van der Waals surface area contributed by atoms with Crippen LogP contribution in [0, 0.1) is 0 Å². The molecule has 0 spiro atoms. The quantitative estimate of drug-likeness (QED) is 0.883. The topological polar surface area (TPSA) is 32.3 Å². The maximum Gasteiger partial charge on any atom is 0.0613 e. The Balaban J connectivity index is 1.95. The molecule has 2 rings (SSSR count). The normalized spacial score (nSPS) is 28.5. The second-order valence-electron chi connectivity index (χ2n) is 4.63. The van der Waals surface area contributed by atoms with Gasteiger partial charge in [-0.1, -0.05) is 11.6 Å². The van der Waals surface area contributed by atoms with Crippen LogP contribution in [0.5, 0.6) is 0 Å². The number of benzene rings is 1. The molecule has 17 heavy (non-hydrogen) atoms. The van der Waals surface area contributed by atoms with Crippen LogP contribution in [0.4, 0.5) is 0 Å². The van der Waals surface area contributed by atoms with Crippen LogP contribution < -0.4 is 5.32 Å². The van der Waals surface area contributed by atoms with E-state index in [-0.39, 0.29) is 12.1 Å². The standard InChI is InChI=1S/C13H18ClNOS/c1-15-13(9-16)7-6-12(8-13)17-11-4-2-10(14)3-5-11/h2-5,12,15-16H,6-9H2,1H3. The highest BCUT2D eigenvalue weighted by molar-refractivity contribution is 8.00. The molecule has 2 N–H and O–H groups in total. The molecule has 1 fully saturated rings. The summed E-state index contributed by atoms with van der Waals surface area (Å²) in [5, 5.41) is 14.1. The van der Waals surface area contributed by atoms with Crippen molar-refractivity contribution in [1.29, 1.82) is 0 Å². The molecule has 1 aromatic carbocycles. The third-order valence-electron chi connectivity index (χ3n) is 3.51. The molecule has 0 aliphatic heterocycles. The Hall–Kier alpha value is -0.220. The molecule has 2 unspecified atom stereocenters. The van der Waals surface area contributed by atoms with Crippen molar-refractivity contribution < 1.29 is 5.11 Å². The van der Waals surface area contributed by atoms with Gasteiger partial charge < -0.3 is 10.4 Å². The molecule has 0 saturated heterocycles. The smallest absolute Gasteiger partial charge is 0.0613 e. The van der Waals surface area contributed by atoms with Crippen LogP contribution >= 0.6 is 23.4 Å². The number of likely N-dealkylation sites (N-methyl/N-ethyl adjacent to an activating group) is 1. The predicted molar refractivity (Wildman–Crippen MR) is 73.8 cm³/mol. The van der Waals surface area contributed by atoms with E-state index in [1.807, 2.05) is 30.9 Å². The lowest BCUT2D eigenvalue weighted by atomic mass is 10.00. The van der Waals surface area contributed by atoms with Crippen molar-refractivity contribution in [2.45, 2.75) is 34.9 Å². The molecular formula is C13H18ClNOS. The van der Waals surface area contributed by atoms with Gasteiger partial charge in [-0.3, -0.25) is 0 Å². The zero-order valence-electron chi connectivity index (χ0n) is 9.95. The molecule has 0 bridgehead atoms. The first-order valence-electron chi connectivity index (χ1n) is 5.89. The van der Waals surface area contributed by atoms with Crippen molar-refractivity contribution >= 4 is 23.4 Å². The van der Waals surface area contributed by atoms with Crippen molar-refractivity contribution in [2.24, 2.45) is 0 Å². The summed E-state index contributed by atoms with van der Waals surface area (Å²) in [6.45, 7) is 0.223. The minimum atomic E-state index is -0.0654. The van der Waals surface area contributed by atoms with Gasteiger partial charge in [-0.15, -0.1) is 11.8 Å². The molecule has 0 amide bonds. The lowest BCUT2D eigenvalue weighted by Gasteiger charge is -2.26. The number of nitrogens with one attached hydrogen (secondary N) is 1. The number of hydrogen-bond donors (Lipinski definition) is 2. The number of hydrogen-bond acceptors (Lipinski definition) is 3. The van der Waals surface area contributed by atoms with Crippen LogP contribution in [0.25, 0.3) is 0 Å². The lowest BCUT2D eigenvalue weighted by molar-refractivity contribution is 0.173. The Morgan fingerprint density at radius 2 is 2.18 bits per heavy atom. The molecule has 0 aromatic heterocycles. The molecule has 2 atom stereocenters. The van der Waals surface area contributed by atoms with Gasteiger partial charge >= 0.3 is 0 Å². The number of aliphatic hydroxyl groups excluding tert-OH is 1. The monoisotopic (exact) mass is 271 g/mol. The fourth-order valence-electron chi connectivity index (χ4n) is 2.33. The van der Waals surface area contributed by atoms with Crippen molar-refractivity contribution in [2.75, 3.05) is 13.7 Å². The van der Waals surface area contributed by atoms with Gasteiger partial charge in [0.25, 0.3) is 0 Å². The van der Waals surface area contributed by atoms with Gasteiger partial charge in [0.15, 0.2) is 0 Å². The number of rotatable bonds is 4. The molecule has 1 aromatic rings. The number of halogens is 1. The van der Waals surface area contributed by atoms with Crippen LogP contribution in [0.15, 0.2) is 29.2 Å². The van der Waals surface area contributed by atoms with Crippen LogP contribution in [-0.4, -0.2) is 29.5 Å². The van der Waals surface area contributed by atoms with Gasteiger partial charge in [-0.05, 0) is 50.6 Å². The number of thioether (sulfide) groups is 1. The van der Waals surface area contributed by atoms with Gasteiger partial charge in [-0.25, -0.2) is 0 Å². The fourth-order valence-corrected chi connectivity index (χ4v) is 3.78. The summed E-state index contributed by atoms with van der Waals surface area (Å²) in [6, 6.07) is 7.98. The first-order valence-corrected chi connectivity index (χ1v) is 7.15. The second-order valence-corrected chi connectivity index (χ2v) is 6.44.